The molecule has 6 heteroatoms. The Bertz CT molecular complexity index is 780. The normalized spacial score (nSPS) is 14.7. The Hall–Kier alpha value is -1.88. The predicted molar refractivity (Wildman–Crippen MR) is 103 cm³/mol. The largest absolute Gasteiger partial charge is 0.386 e. The molecular weight excluding hydrogens is 371 g/mol. The van der Waals surface area contributed by atoms with E-state index in [-0.39, 0.29) is 18.4 Å². The second-order valence-electron chi connectivity index (χ2n) is 6.56. The Morgan fingerprint density at radius 3 is 2.54 bits per heavy atom. The minimum absolute atomic E-state index is 0.194. The van der Waals surface area contributed by atoms with E-state index in [4.69, 9.17) is 23.2 Å². The maximum absolute atomic E-state index is 12.3. The smallest absolute Gasteiger partial charge is 0.246 e. The maximum atomic E-state index is 12.3. The molecule has 0 saturated heterocycles. The van der Waals surface area contributed by atoms with Gasteiger partial charge in [-0.25, -0.2) is 0 Å². The van der Waals surface area contributed by atoms with Crippen LogP contribution in [0.15, 0.2) is 49.3 Å². The number of rotatable bonds is 6. The van der Waals surface area contributed by atoms with Crippen LogP contribution in [0.3, 0.4) is 0 Å². The first-order chi connectivity index (χ1) is 12.5. The Morgan fingerprint density at radius 1 is 1.35 bits per heavy atom. The molecule has 1 N–H and O–H groups in total. The summed E-state index contributed by atoms with van der Waals surface area (Å²) in [7, 11) is 0. The van der Waals surface area contributed by atoms with Crippen molar-refractivity contribution in [2.45, 2.75) is 18.9 Å². The topological polar surface area (TPSA) is 53.4 Å². The van der Waals surface area contributed by atoms with Gasteiger partial charge in [0.15, 0.2) is 0 Å². The number of carbonyl (C=O) groups excluding carboxylic acids is 1. The first-order valence-electron chi connectivity index (χ1n) is 8.44. The van der Waals surface area contributed by atoms with Crippen LogP contribution in [-0.4, -0.2) is 34.0 Å². The standard InChI is InChI=1S/C20H20Cl2N2O2/c1-2-20(26)24(12-19(25)14-4-3-5-23-10-14)11-13-6-15-8-17(21)18(22)9-16(15)7-13/h2-5,8-10,13,19,25H,1,6-7,11-12H2. The van der Waals surface area contributed by atoms with E-state index in [1.54, 1.807) is 29.4 Å². The number of halogens is 2. The molecule has 1 atom stereocenters. The molecule has 0 saturated carbocycles. The number of hydrogen-bond donors (Lipinski definition) is 1. The van der Waals surface area contributed by atoms with Gasteiger partial charge in [0.25, 0.3) is 0 Å². The van der Waals surface area contributed by atoms with Crippen LogP contribution in [0.2, 0.25) is 10.0 Å². The molecule has 1 aromatic heterocycles. The van der Waals surface area contributed by atoms with Crippen LogP contribution in [-0.2, 0) is 17.6 Å². The first-order valence-corrected chi connectivity index (χ1v) is 9.19. The molecule has 1 amide bonds. The molecule has 26 heavy (non-hydrogen) atoms. The fourth-order valence-electron chi connectivity index (χ4n) is 3.42. The second kappa shape index (κ2) is 8.21. The van der Waals surface area contributed by atoms with Crippen LogP contribution in [0.5, 0.6) is 0 Å². The first kappa shape index (κ1) is 18.9. The number of aliphatic hydroxyl groups is 1. The highest BCUT2D eigenvalue weighted by Crippen LogP contribution is 2.34. The molecule has 4 nitrogen and oxygen atoms in total. The summed E-state index contributed by atoms with van der Waals surface area (Å²) in [6.45, 7) is 4.31. The molecule has 3 rings (SSSR count). The second-order valence-corrected chi connectivity index (χ2v) is 7.37. The van der Waals surface area contributed by atoms with Gasteiger partial charge >= 0.3 is 0 Å². The molecule has 0 fully saturated rings. The molecule has 1 heterocycles. The summed E-state index contributed by atoms with van der Waals surface area (Å²) in [5.41, 5.74) is 3.02. The Kier molecular flexibility index (Phi) is 5.97. The van der Waals surface area contributed by atoms with Gasteiger partial charge < -0.3 is 10.0 Å². The van der Waals surface area contributed by atoms with Crippen molar-refractivity contribution in [2.24, 2.45) is 5.92 Å². The number of carbonyl (C=O) groups is 1. The fourth-order valence-corrected chi connectivity index (χ4v) is 3.79. The number of aliphatic hydroxyl groups excluding tert-OH is 1. The number of fused-ring (bicyclic) bond motifs is 1. The lowest BCUT2D eigenvalue weighted by atomic mass is 10.0. The summed E-state index contributed by atoms with van der Waals surface area (Å²) in [5.74, 6) is 0.0597. The van der Waals surface area contributed by atoms with Crippen molar-refractivity contribution in [1.82, 2.24) is 9.88 Å². The van der Waals surface area contributed by atoms with Crippen LogP contribution in [0, 0.1) is 5.92 Å². The minimum Gasteiger partial charge on any atom is -0.386 e. The lowest BCUT2D eigenvalue weighted by molar-refractivity contribution is -0.128. The molecule has 1 aliphatic rings. The molecule has 0 aliphatic heterocycles. The van der Waals surface area contributed by atoms with E-state index in [9.17, 15) is 9.90 Å². The highest BCUT2D eigenvalue weighted by Gasteiger charge is 2.27. The summed E-state index contributed by atoms with van der Waals surface area (Å²) < 4.78 is 0. The third kappa shape index (κ3) is 4.26. The average molecular weight is 391 g/mol. The van der Waals surface area contributed by atoms with Gasteiger partial charge in [-0.3, -0.25) is 9.78 Å². The van der Waals surface area contributed by atoms with Gasteiger partial charge in [0.2, 0.25) is 5.91 Å². The molecular formula is C20H20Cl2N2O2. The number of amides is 1. The van der Waals surface area contributed by atoms with E-state index in [1.165, 1.54) is 17.2 Å². The Morgan fingerprint density at radius 2 is 2.00 bits per heavy atom. The predicted octanol–water partition coefficient (Wildman–Crippen LogP) is 3.85. The SMILES string of the molecule is C=CC(=O)N(CC1Cc2cc(Cl)c(Cl)cc2C1)CC(O)c1cccnc1. The Labute approximate surface area is 163 Å². The zero-order valence-corrected chi connectivity index (χ0v) is 15.7. The van der Waals surface area contributed by atoms with Gasteiger partial charge in [-0.05, 0) is 54.2 Å². The van der Waals surface area contributed by atoms with Crippen LogP contribution < -0.4 is 0 Å². The van der Waals surface area contributed by atoms with Gasteiger partial charge in [-0.1, -0.05) is 35.8 Å². The van der Waals surface area contributed by atoms with Crippen molar-refractivity contribution >= 4 is 29.1 Å². The number of benzene rings is 1. The van der Waals surface area contributed by atoms with E-state index in [2.05, 4.69) is 11.6 Å². The summed E-state index contributed by atoms with van der Waals surface area (Å²) in [5, 5.41) is 11.6. The Balaban J connectivity index is 1.70. The van der Waals surface area contributed by atoms with Crippen molar-refractivity contribution in [3.8, 4) is 0 Å². The summed E-state index contributed by atoms with van der Waals surface area (Å²) in [6, 6.07) is 7.37. The van der Waals surface area contributed by atoms with Gasteiger partial charge in [0, 0.05) is 24.5 Å². The lowest BCUT2D eigenvalue weighted by Gasteiger charge is -2.27. The number of pyridine rings is 1. The third-order valence-corrected chi connectivity index (χ3v) is 5.41. The van der Waals surface area contributed by atoms with Gasteiger partial charge in [0.1, 0.15) is 0 Å². The molecule has 2 aromatic rings. The van der Waals surface area contributed by atoms with E-state index in [1.807, 2.05) is 12.1 Å². The van der Waals surface area contributed by atoms with E-state index >= 15 is 0 Å². The summed E-state index contributed by atoms with van der Waals surface area (Å²) in [4.78, 5) is 17.9. The molecule has 1 aromatic carbocycles. The van der Waals surface area contributed by atoms with E-state index < -0.39 is 6.10 Å². The van der Waals surface area contributed by atoms with Crippen molar-refractivity contribution in [2.75, 3.05) is 13.1 Å². The number of nitrogens with zero attached hydrogens (tertiary/aromatic N) is 2. The molecule has 0 spiro atoms. The van der Waals surface area contributed by atoms with Crippen LogP contribution in [0.25, 0.3) is 0 Å². The van der Waals surface area contributed by atoms with Gasteiger partial charge in [-0.2, -0.15) is 0 Å². The highest BCUT2D eigenvalue weighted by molar-refractivity contribution is 6.42. The maximum Gasteiger partial charge on any atom is 0.246 e. The van der Waals surface area contributed by atoms with Crippen molar-refractivity contribution in [1.29, 1.82) is 0 Å². The van der Waals surface area contributed by atoms with Crippen molar-refractivity contribution in [3.63, 3.8) is 0 Å². The van der Waals surface area contributed by atoms with Crippen LogP contribution in [0.1, 0.15) is 22.8 Å². The fraction of sp³-hybridized carbons (Fsp3) is 0.300. The number of aromatic nitrogens is 1. The minimum atomic E-state index is -0.791. The summed E-state index contributed by atoms with van der Waals surface area (Å²) >= 11 is 12.2. The van der Waals surface area contributed by atoms with Crippen molar-refractivity contribution in [3.05, 3.63) is 76.0 Å². The van der Waals surface area contributed by atoms with E-state index in [0.29, 0.717) is 22.2 Å². The van der Waals surface area contributed by atoms with Crippen LogP contribution in [0.4, 0.5) is 0 Å². The lowest BCUT2D eigenvalue weighted by Crippen LogP contribution is -2.37. The monoisotopic (exact) mass is 390 g/mol. The average Bonchev–Trinajstić information content (AvgIpc) is 3.02. The molecule has 0 bridgehead atoms. The van der Waals surface area contributed by atoms with E-state index in [0.717, 1.165) is 12.8 Å². The van der Waals surface area contributed by atoms with Crippen molar-refractivity contribution < 1.29 is 9.90 Å². The molecule has 136 valence electrons. The quantitative estimate of drug-likeness (QED) is 0.761. The molecule has 0 radical (unpaired) electrons. The molecule has 1 aliphatic carbocycles. The highest BCUT2D eigenvalue weighted by atomic mass is 35.5. The number of hydrogen-bond acceptors (Lipinski definition) is 3. The third-order valence-electron chi connectivity index (χ3n) is 4.69. The summed E-state index contributed by atoms with van der Waals surface area (Å²) in [6.07, 6.45) is 5.41. The zero-order chi connectivity index (χ0) is 18.7. The van der Waals surface area contributed by atoms with Crippen LogP contribution >= 0.6 is 23.2 Å². The molecule has 1 unspecified atom stereocenters. The van der Waals surface area contributed by atoms with Gasteiger partial charge in [-0.15, -0.1) is 0 Å². The zero-order valence-electron chi connectivity index (χ0n) is 14.2. The van der Waals surface area contributed by atoms with Gasteiger partial charge in [0.05, 0.1) is 22.7 Å².